The first-order chi connectivity index (χ1) is 14.1. The molecule has 29 heavy (non-hydrogen) atoms. The molecule has 0 atom stereocenters. The van der Waals surface area contributed by atoms with Gasteiger partial charge in [0.05, 0.1) is 17.6 Å². The van der Waals surface area contributed by atoms with Crippen LogP contribution in [0, 0.1) is 0 Å². The number of hydrogen-bond acceptors (Lipinski definition) is 7. The highest BCUT2D eigenvalue weighted by molar-refractivity contribution is 6.31. The predicted molar refractivity (Wildman–Crippen MR) is 105 cm³/mol. The van der Waals surface area contributed by atoms with Crippen molar-refractivity contribution in [1.82, 2.24) is 24.1 Å². The molecule has 1 aliphatic carbocycles. The third-order valence-electron chi connectivity index (χ3n) is 5.34. The van der Waals surface area contributed by atoms with Crippen molar-refractivity contribution in [3.05, 3.63) is 45.8 Å². The average molecular weight is 416 g/mol. The van der Waals surface area contributed by atoms with E-state index in [-0.39, 0.29) is 11.4 Å². The van der Waals surface area contributed by atoms with Crippen LogP contribution in [0.5, 0.6) is 0 Å². The third-order valence-corrected chi connectivity index (χ3v) is 5.58. The molecule has 1 aromatic carbocycles. The van der Waals surface area contributed by atoms with Crippen LogP contribution in [0.25, 0.3) is 28.1 Å². The maximum absolute atomic E-state index is 13.4. The fraction of sp³-hybridized carbons (Fsp3) is 0.368. The number of ether oxygens (including phenoxy) is 2. The molecule has 0 saturated heterocycles. The molecule has 0 unspecified atom stereocenters. The van der Waals surface area contributed by atoms with E-state index in [4.69, 9.17) is 25.6 Å². The van der Waals surface area contributed by atoms with E-state index in [1.54, 1.807) is 41.6 Å². The number of nitrogens with zero attached hydrogens (tertiary/aromatic N) is 5. The Bertz CT molecular complexity index is 1290. The molecule has 0 spiro atoms. The topological polar surface area (TPSA) is 96.7 Å². The quantitative estimate of drug-likeness (QED) is 0.477. The van der Waals surface area contributed by atoms with Crippen molar-refractivity contribution in [2.24, 2.45) is 0 Å². The van der Waals surface area contributed by atoms with Crippen molar-refractivity contribution in [1.29, 1.82) is 0 Å². The van der Waals surface area contributed by atoms with Crippen molar-refractivity contribution in [3.63, 3.8) is 0 Å². The molecule has 1 fully saturated rings. The van der Waals surface area contributed by atoms with Crippen molar-refractivity contribution in [2.75, 3.05) is 20.8 Å². The van der Waals surface area contributed by atoms with E-state index in [2.05, 4.69) is 15.1 Å². The Morgan fingerprint density at radius 1 is 1.28 bits per heavy atom. The van der Waals surface area contributed by atoms with Crippen LogP contribution in [0.3, 0.4) is 0 Å². The number of fused-ring (bicyclic) bond motifs is 3. The molecule has 9 nitrogen and oxygen atoms in total. The van der Waals surface area contributed by atoms with Gasteiger partial charge in [-0.1, -0.05) is 16.8 Å². The number of aromatic nitrogens is 5. The first-order valence-electron chi connectivity index (χ1n) is 9.16. The molecule has 0 N–H and O–H groups in total. The second-order valence-corrected chi connectivity index (χ2v) is 7.45. The van der Waals surface area contributed by atoms with Gasteiger partial charge in [0.25, 0.3) is 11.4 Å². The Balaban J connectivity index is 1.75. The molecule has 4 aromatic rings. The summed E-state index contributed by atoms with van der Waals surface area (Å²) in [7, 11) is 3.21. The highest BCUT2D eigenvalue weighted by Crippen LogP contribution is 2.48. The summed E-state index contributed by atoms with van der Waals surface area (Å²) in [6, 6.07) is 5.38. The molecule has 3 aromatic heterocycles. The molecule has 0 bridgehead atoms. The SMILES string of the molecule is COCCn1c(=O)c2c(-c3noc(C4(OC)CC4)n3)ncn2c2ccc(Cl)cc21. The normalized spacial score (nSPS) is 15.4. The number of imidazole rings is 1. The minimum absolute atomic E-state index is 0.233. The van der Waals surface area contributed by atoms with Gasteiger partial charge in [-0.3, -0.25) is 9.20 Å². The van der Waals surface area contributed by atoms with E-state index in [0.717, 1.165) is 18.4 Å². The molecule has 10 heteroatoms. The van der Waals surface area contributed by atoms with Crippen LogP contribution in [0.4, 0.5) is 0 Å². The van der Waals surface area contributed by atoms with E-state index in [1.165, 1.54) is 0 Å². The summed E-state index contributed by atoms with van der Waals surface area (Å²) in [4.78, 5) is 22.3. The van der Waals surface area contributed by atoms with Crippen LogP contribution in [-0.2, 0) is 21.6 Å². The lowest BCUT2D eigenvalue weighted by atomic mass is 10.2. The van der Waals surface area contributed by atoms with Gasteiger partial charge >= 0.3 is 0 Å². The van der Waals surface area contributed by atoms with Crippen molar-refractivity contribution in [3.8, 4) is 11.5 Å². The lowest BCUT2D eigenvalue weighted by Gasteiger charge is -2.12. The van der Waals surface area contributed by atoms with Crippen molar-refractivity contribution < 1.29 is 14.0 Å². The predicted octanol–water partition coefficient (Wildman–Crippen LogP) is 2.63. The van der Waals surface area contributed by atoms with Gasteiger partial charge in [-0.05, 0) is 31.0 Å². The van der Waals surface area contributed by atoms with E-state index in [1.807, 2.05) is 6.07 Å². The van der Waals surface area contributed by atoms with Crippen LogP contribution >= 0.6 is 11.6 Å². The van der Waals surface area contributed by atoms with E-state index in [9.17, 15) is 4.79 Å². The third kappa shape index (κ3) is 2.77. The first-order valence-corrected chi connectivity index (χ1v) is 9.53. The van der Waals surface area contributed by atoms with Gasteiger partial charge in [0, 0.05) is 25.8 Å². The van der Waals surface area contributed by atoms with E-state index >= 15 is 0 Å². The molecule has 0 aliphatic heterocycles. The second kappa shape index (κ2) is 6.65. The van der Waals surface area contributed by atoms with Crippen LogP contribution in [0.2, 0.25) is 5.02 Å². The molecule has 3 heterocycles. The van der Waals surface area contributed by atoms with Crippen LogP contribution in [0.15, 0.2) is 33.8 Å². The maximum atomic E-state index is 13.4. The number of hydrogen-bond donors (Lipinski definition) is 0. The average Bonchev–Trinajstić information content (AvgIpc) is 3.15. The fourth-order valence-corrected chi connectivity index (χ4v) is 3.75. The smallest absolute Gasteiger partial charge is 0.277 e. The highest BCUT2D eigenvalue weighted by atomic mass is 35.5. The van der Waals surface area contributed by atoms with Crippen LogP contribution in [0.1, 0.15) is 18.7 Å². The summed E-state index contributed by atoms with van der Waals surface area (Å²) in [6.07, 6.45) is 3.23. The maximum Gasteiger partial charge on any atom is 0.277 e. The summed E-state index contributed by atoms with van der Waals surface area (Å²) in [5.41, 5.74) is 1.47. The zero-order valence-corrected chi connectivity index (χ0v) is 16.6. The van der Waals surface area contributed by atoms with E-state index < -0.39 is 5.60 Å². The molecule has 150 valence electrons. The molecule has 1 aliphatic rings. The lowest BCUT2D eigenvalue weighted by molar-refractivity contribution is 0.0492. The number of methoxy groups -OCH3 is 2. The van der Waals surface area contributed by atoms with Crippen LogP contribution < -0.4 is 5.56 Å². The first kappa shape index (κ1) is 18.3. The molecular weight excluding hydrogens is 398 g/mol. The molecule has 0 radical (unpaired) electrons. The van der Waals surface area contributed by atoms with Gasteiger partial charge in [0.1, 0.15) is 23.1 Å². The van der Waals surface area contributed by atoms with Crippen LogP contribution in [-0.4, -0.2) is 44.9 Å². The highest BCUT2D eigenvalue weighted by Gasteiger charge is 2.50. The molecule has 1 saturated carbocycles. The Morgan fingerprint density at radius 2 is 2.10 bits per heavy atom. The van der Waals surface area contributed by atoms with Crippen molar-refractivity contribution >= 4 is 28.2 Å². The number of rotatable bonds is 6. The lowest BCUT2D eigenvalue weighted by Crippen LogP contribution is -2.25. The van der Waals surface area contributed by atoms with Gasteiger partial charge in [-0.25, -0.2) is 4.98 Å². The summed E-state index contributed by atoms with van der Waals surface area (Å²) in [5.74, 6) is 0.665. The second-order valence-electron chi connectivity index (χ2n) is 7.02. The van der Waals surface area contributed by atoms with E-state index in [0.29, 0.717) is 40.8 Å². The standard InChI is InChI=1S/C19H18ClN5O4/c1-27-8-7-24-13-9-11(20)3-4-12(13)25-10-21-14(15(25)17(24)26)16-22-18(29-23-16)19(28-2)5-6-19/h3-4,9-10H,5-8H2,1-2H3. The van der Waals surface area contributed by atoms with Gasteiger partial charge in [-0.2, -0.15) is 4.98 Å². The number of benzene rings is 1. The number of halogens is 1. The summed E-state index contributed by atoms with van der Waals surface area (Å²) < 4.78 is 19.4. The van der Waals surface area contributed by atoms with Gasteiger partial charge in [0.15, 0.2) is 0 Å². The summed E-state index contributed by atoms with van der Waals surface area (Å²) in [6.45, 7) is 0.751. The van der Waals surface area contributed by atoms with Crippen molar-refractivity contribution in [2.45, 2.75) is 25.0 Å². The zero-order chi connectivity index (χ0) is 20.2. The Morgan fingerprint density at radius 3 is 2.83 bits per heavy atom. The summed E-state index contributed by atoms with van der Waals surface area (Å²) in [5, 5.41) is 4.60. The molecular formula is C19H18ClN5O4. The Hall–Kier alpha value is -2.75. The minimum atomic E-state index is -0.511. The monoisotopic (exact) mass is 415 g/mol. The van der Waals surface area contributed by atoms with Gasteiger partial charge in [-0.15, -0.1) is 0 Å². The Kier molecular flexibility index (Phi) is 4.19. The van der Waals surface area contributed by atoms with Gasteiger partial charge < -0.3 is 18.6 Å². The zero-order valence-electron chi connectivity index (χ0n) is 15.9. The summed E-state index contributed by atoms with van der Waals surface area (Å²) >= 11 is 6.18. The van der Waals surface area contributed by atoms with Gasteiger partial charge in [0.2, 0.25) is 5.82 Å². The molecule has 0 amide bonds. The fourth-order valence-electron chi connectivity index (χ4n) is 3.58. The Labute approximate surface area is 169 Å². The largest absolute Gasteiger partial charge is 0.383 e. The minimum Gasteiger partial charge on any atom is -0.383 e. The molecule has 5 rings (SSSR count).